The lowest BCUT2D eigenvalue weighted by atomic mass is 10.1. The van der Waals surface area contributed by atoms with Gasteiger partial charge in [-0.3, -0.25) is 19.3 Å². The summed E-state index contributed by atoms with van der Waals surface area (Å²) in [5.41, 5.74) is 0.406. The fourth-order valence-corrected chi connectivity index (χ4v) is 5.00. The molecule has 3 heterocycles. The maximum atomic E-state index is 12.6. The molecule has 0 bridgehead atoms. The van der Waals surface area contributed by atoms with Gasteiger partial charge in [-0.2, -0.15) is 0 Å². The second-order valence-corrected chi connectivity index (χ2v) is 8.36. The zero-order valence-corrected chi connectivity index (χ0v) is 16.1. The number of hydrogen-bond acceptors (Lipinski definition) is 8. The van der Waals surface area contributed by atoms with E-state index in [1.165, 1.54) is 42.0 Å². The highest BCUT2D eigenvalue weighted by Crippen LogP contribution is 2.28. The average molecular weight is 429 g/mol. The Bertz CT molecular complexity index is 1200. The van der Waals surface area contributed by atoms with E-state index in [1.54, 1.807) is 18.2 Å². The molecule has 0 radical (unpaired) electrons. The van der Waals surface area contributed by atoms with Gasteiger partial charge < -0.3 is 4.84 Å². The van der Waals surface area contributed by atoms with E-state index in [1.807, 2.05) is 0 Å². The Balaban J connectivity index is 1.58. The SMILES string of the molecule is O=C(ON1C(=O)c2ccccc2C1=O)c1sccc1S(=O)(=O)Nc1cccnc1. The molecule has 2 aromatic heterocycles. The number of aromatic nitrogens is 1. The van der Waals surface area contributed by atoms with Crippen LogP contribution in [-0.2, 0) is 14.9 Å². The number of pyridine rings is 1. The predicted octanol–water partition coefficient (Wildman–Crippen LogP) is 2.31. The molecule has 0 saturated heterocycles. The normalized spacial score (nSPS) is 13.3. The largest absolute Gasteiger partial charge is 0.375 e. The molecule has 0 fully saturated rings. The molecule has 4 rings (SSSR count). The lowest BCUT2D eigenvalue weighted by Crippen LogP contribution is -2.33. The fourth-order valence-electron chi connectivity index (χ4n) is 2.67. The summed E-state index contributed by atoms with van der Waals surface area (Å²) >= 11 is 0.806. The van der Waals surface area contributed by atoms with Crippen LogP contribution in [0.2, 0.25) is 0 Å². The third-order valence-electron chi connectivity index (χ3n) is 3.95. The molecule has 11 heteroatoms. The van der Waals surface area contributed by atoms with E-state index in [2.05, 4.69) is 9.71 Å². The van der Waals surface area contributed by atoms with E-state index >= 15 is 0 Å². The van der Waals surface area contributed by atoms with Crippen molar-refractivity contribution >= 4 is 44.8 Å². The van der Waals surface area contributed by atoms with Crippen molar-refractivity contribution in [3.05, 3.63) is 76.2 Å². The monoisotopic (exact) mass is 429 g/mol. The van der Waals surface area contributed by atoms with Crippen LogP contribution >= 0.6 is 11.3 Å². The molecule has 1 aromatic carbocycles. The minimum Gasteiger partial charge on any atom is -0.323 e. The molecule has 9 nitrogen and oxygen atoms in total. The van der Waals surface area contributed by atoms with E-state index in [-0.39, 0.29) is 26.6 Å². The van der Waals surface area contributed by atoms with E-state index in [0.717, 1.165) is 11.3 Å². The van der Waals surface area contributed by atoms with Gasteiger partial charge in [0.25, 0.3) is 21.8 Å². The van der Waals surface area contributed by atoms with Gasteiger partial charge in [-0.25, -0.2) is 13.2 Å². The third-order valence-corrected chi connectivity index (χ3v) is 6.40. The number of hydroxylamine groups is 2. The summed E-state index contributed by atoms with van der Waals surface area (Å²) in [7, 11) is -4.13. The minimum absolute atomic E-state index is 0.0996. The van der Waals surface area contributed by atoms with Gasteiger partial charge in [0.2, 0.25) is 0 Å². The van der Waals surface area contributed by atoms with Crippen molar-refractivity contribution in [1.82, 2.24) is 10.0 Å². The highest BCUT2D eigenvalue weighted by Gasteiger charge is 2.39. The van der Waals surface area contributed by atoms with Gasteiger partial charge >= 0.3 is 5.97 Å². The number of carbonyl (C=O) groups is 3. The van der Waals surface area contributed by atoms with Gasteiger partial charge in [0.1, 0.15) is 9.77 Å². The average Bonchev–Trinajstić information content (AvgIpc) is 3.30. The first-order valence-corrected chi connectivity index (χ1v) is 10.5. The van der Waals surface area contributed by atoms with Gasteiger partial charge in [-0.05, 0) is 35.7 Å². The quantitative estimate of drug-likeness (QED) is 0.618. The molecule has 0 aliphatic carbocycles. The van der Waals surface area contributed by atoms with E-state index in [9.17, 15) is 22.8 Å². The fraction of sp³-hybridized carbons (Fsp3) is 0. The van der Waals surface area contributed by atoms with Crippen molar-refractivity contribution in [3.8, 4) is 0 Å². The summed E-state index contributed by atoms with van der Waals surface area (Å²) < 4.78 is 27.6. The topological polar surface area (TPSA) is 123 Å². The first-order chi connectivity index (χ1) is 13.9. The van der Waals surface area contributed by atoms with Gasteiger partial charge in [0, 0.05) is 6.20 Å². The molecule has 0 unspecified atom stereocenters. The van der Waals surface area contributed by atoms with Crippen LogP contribution in [0.5, 0.6) is 0 Å². The van der Waals surface area contributed by atoms with Gasteiger partial charge in [-0.15, -0.1) is 11.3 Å². The predicted molar refractivity (Wildman–Crippen MR) is 102 cm³/mol. The van der Waals surface area contributed by atoms with Crippen molar-refractivity contribution in [2.24, 2.45) is 0 Å². The smallest absolute Gasteiger partial charge is 0.323 e. The molecule has 146 valence electrons. The van der Waals surface area contributed by atoms with Crippen LogP contribution in [-0.4, -0.2) is 36.2 Å². The van der Waals surface area contributed by atoms with Crippen LogP contribution < -0.4 is 4.72 Å². The molecule has 0 spiro atoms. The first kappa shape index (κ1) is 18.8. The van der Waals surface area contributed by atoms with Crippen molar-refractivity contribution in [1.29, 1.82) is 0 Å². The van der Waals surface area contributed by atoms with Crippen molar-refractivity contribution < 1.29 is 27.6 Å². The molecule has 1 aliphatic heterocycles. The first-order valence-electron chi connectivity index (χ1n) is 8.09. The van der Waals surface area contributed by atoms with Gasteiger partial charge in [-0.1, -0.05) is 17.2 Å². The minimum atomic E-state index is -4.13. The molecule has 1 aliphatic rings. The number of thiophene rings is 1. The number of nitrogens with one attached hydrogen (secondary N) is 1. The van der Waals surface area contributed by atoms with Crippen LogP contribution in [0.4, 0.5) is 5.69 Å². The number of fused-ring (bicyclic) bond motifs is 1. The second-order valence-electron chi connectivity index (χ2n) is 5.79. The molecule has 29 heavy (non-hydrogen) atoms. The molecular formula is C18H11N3O6S2. The van der Waals surface area contributed by atoms with E-state index in [0.29, 0.717) is 5.06 Å². The van der Waals surface area contributed by atoms with Crippen LogP contribution in [0.3, 0.4) is 0 Å². The van der Waals surface area contributed by atoms with E-state index < -0.39 is 27.8 Å². The van der Waals surface area contributed by atoms with Gasteiger partial charge in [0.15, 0.2) is 0 Å². The Kier molecular flexibility index (Phi) is 4.60. The summed E-state index contributed by atoms with van der Waals surface area (Å²) in [5.74, 6) is -2.73. The van der Waals surface area contributed by atoms with Crippen LogP contribution in [0, 0.1) is 0 Å². The van der Waals surface area contributed by atoms with Crippen molar-refractivity contribution in [2.45, 2.75) is 4.90 Å². The maximum Gasteiger partial charge on any atom is 0.375 e. The van der Waals surface area contributed by atoms with Crippen LogP contribution in [0.1, 0.15) is 30.4 Å². The number of rotatable bonds is 5. The van der Waals surface area contributed by atoms with Crippen molar-refractivity contribution in [2.75, 3.05) is 4.72 Å². The lowest BCUT2D eigenvalue weighted by molar-refractivity contribution is -0.0583. The molecular weight excluding hydrogens is 418 g/mol. The summed E-state index contributed by atoms with van der Waals surface area (Å²) in [6, 6.07) is 10.3. The van der Waals surface area contributed by atoms with Crippen LogP contribution in [0.15, 0.2) is 65.1 Å². The zero-order valence-electron chi connectivity index (χ0n) is 14.4. The molecule has 2 amide bonds. The zero-order chi connectivity index (χ0) is 20.6. The Hall–Kier alpha value is -3.57. The molecule has 0 atom stereocenters. The standard InChI is InChI=1S/C18H11N3O6S2/c22-16-12-5-1-2-6-13(12)17(23)21(16)27-18(24)15-14(7-9-28-15)29(25,26)20-11-4-3-8-19-10-11/h1-10,20H. The highest BCUT2D eigenvalue weighted by molar-refractivity contribution is 7.93. The van der Waals surface area contributed by atoms with Gasteiger partial charge in [0.05, 0.1) is 23.0 Å². The number of amides is 2. The lowest BCUT2D eigenvalue weighted by Gasteiger charge is -2.13. The summed E-state index contributed by atoms with van der Waals surface area (Å²) in [6.07, 6.45) is 2.79. The van der Waals surface area contributed by atoms with Crippen molar-refractivity contribution in [3.63, 3.8) is 0 Å². The van der Waals surface area contributed by atoms with E-state index in [4.69, 9.17) is 4.84 Å². The third kappa shape index (κ3) is 3.37. The Morgan fingerprint density at radius 2 is 1.72 bits per heavy atom. The Morgan fingerprint density at radius 3 is 2.34 bits per heavy atom. The summed E-state index contributed by atoms with van der Waals surface area (Å²) in [5, 5.41) is 1.72. The molecule has 1 N–H and O–H groups in total. The highest BCUT2D eigenvalue weighted by atomic mass is 32.2. The summed E-state index contributed by atoms with van der Waals surface area (Å²) in [6.45, 7) is 0. The maximum absolute atomic E-state index is 12.6. The number of hydrogen-bond donors (Lipinski definition) is 1. The number of benzene rings is 1. The number of carbonyl (C=O) groups excluding carboxylic acids is 3. The molecule has 3 aromatic rings. The number of anilines is 1. The number of nitrogens with zero attached hydrogens (tertiary/aromatic N) is 2. The molecule has 0 saturated carbocycles. The number of imide groups is 1. The Labute approximate surface area is 168 Å². The Morgan fingerprint density at radius 1 is 1.03 bits per heavy atom. The van der Waals surface area contributed by atoms with Crippen LogP contribution in [0.25, 0.3) is 0 Å². The number of sulfonamides is 1. The second kappa shape index (κ2) is 7.11. The summed E-state index contributed by atoms with van der Waals surface area (Å²) in [4.78, 5) is 45.4.